The van der Waals surface area contributed by atoms with Gasteiger partial charge in [0.1, 0.15) is 11.8 Å². The molecule has 0 amide bonds. The number of para-hydroxylation sites is 1. The van der Waals surface area contributed by atoms with Gasteiger partial charge < -0.3 is 15.1 Å². The number of nitrogens with two attached hydrogens (primary N) is 1. The Morgan fingerprint density at radius 1 is 1.38 bits per heavy atom. The Balaban J connectivity index is 2.26. The lowest BCUT2D eigenvalue weighted by Gasteiger charge is -2.21. The van der Waals surface area contributed by atoms with Crippen molar-refractivity contribution < 1.29 is 4.42 Å². The van der Waals surface area contributed by atoms with Crippen LogP contribution in [0.2, 0.25) is 0 Å². The molecule has 0 saturated carbocycles. The van der Waals surface area contributed by atoms with E-state index in [4.69, 9.17) is 10.2 Å². The zero-order valence-electron chi connectivity index (χ0n) is 9.81. The minimum absolute atomic E-state index is 0.485. The highest BCUT2D eigenvalue weighted by Crippen LogP contribution is 2.28. The summed E-state index contributed by atoms with van der Waals surface area (Å²) in [4.78, 5) is 2.20. The van der Waals surface area contributed by atoms with Crippen LogP contribution in [0, 0.1) is 5.92 Å². The van der Waals surface area contributed by atoms with Gasteiger partial charge in [0.2, 0.25) is 0 Å². The number of fused-ring (bicyclic) bond motifs is 1. The van der Waals surface area contributed by atoms with Gasteiger partial charge in [0.05, 0.1) is 5.69 Å². The topological polar surface area (TPSA) is 42.4 Å². The maximum atomic E-state index is 5.64. The Morgan fingerprint density at radius 2 is 2.12 bits per heavy atom. The molecule has 1 atom stereocenters. The van der Waals surface area contributed by atoms with Crippen molar-refractivity contribution in [2.45, 2.75) is 6.92 Å². The molecule has 2 rings (SSSR count). The number of hydrogen-bond acceptors (Lipinski definition) is 3. The number of furan rings is 1. The normalized spacial score (nSPS) is 12.9. The SMILES string of the molecule is CC(CN)CN(C)c1coc2ccccc12. The van der Waals surface area contributed by atoms with E-state index in [2.05, 4.69) is 24.9 Å². The summed E-state index contributed by atoms with van der Waals surface area (Å²) in [6, 6.07) is 8.08. The molecule has 16 heavy (non-hydrogen) atoms. The number of hydrogen-bond donors (Lipinski definition) is 1. The first-order chi connectivity index (χ1) is 7.72. The van der Waals surface area contributed by atoms with Crippen molar-refractivity contribution >= 4 is 16.7 Å². The van der Waals surface area contributed by atoms with Crippen molar-refractivity contribution in [3.63, 3.8) is 0 Å². The minimum Gasteiger partial charge on any atom is -0.462 e. The maximum Gasteiger partial charge on any atom is 0.136 e. The molecule has 3 heteroatoms. The summed E-state index contributed by atoms with van der Waals surface area (Å²) in [6.07, 6.45) is 1.81. The zero-order chi connectivity index (χ0) is 11.5. The van der Waals surface area contributed by atoms with E-state index in [0.717, 1.165) is 23.2 Å². The van der Waals surface area contributed by atoms with Crippen molar-refractivity contribution in [3.05, 3.63) is 30.5 Å². The minimum atomic E-state index is 0.485. The monoisotopic (exact) mass is 218 g/mol. The molecule has 0 spiro atoms. The van der Waals surface area contributed by atoms with Crippen molar-refractivity contribution in [1.82, 2.24) is 0 Å². The zero-order valence-corrected chi connectivity index (χ0v) is 9.81. The van der Waals surface area contributed by atoms with E-state index < -0.39 is 0 Å². The molecule has 0 radical (unpaired) electrons. The van der Waals surface area contributed by atoms with Crippen LogP contribution in [-0.2, 0) is 0 Å². The van der Waals surface area contributed by atoms with Crippen LogP contribution in [0.4, 0.5) is 5.69 Å². The average molecular weight is 218 g/mol. The van der Waals surface area contributed by atoms with Gasteiger partial charge in [0.25, 0.3) is 0 Å². The molecule has 0 bridgehead atoms. The Kier molecular flexibility index (Phi) is 3.15. The second-order valence-electron chi connectivity index (χ2n) is 4.34. The van der Waals surface area contributed by atoms with Crippen molar-refractivity contribution in [2.24, 2.45) is 11.7 Å². The van der Waals surface area contributed by atoms with Crippen molar-refractivity contribution in [1.29, 1.82) is 0 Å². The summed E-state index contributed by atoms with van der Waals surface area (Å²) in [6.45, 7) is 3.80. The molecule has 3 nitrogen and oxygen atoms in total. The van der Waals surface area contributed by atoms with E-state index in [-0.39, 0.29) is 0 Å². The first-order valence-electron chi connectivity index (χ1n) is 5.59. The molecule has 0 aliphatic carbocycles. The third kappa shape index (κ3) is 2.04. The fraction of sp³-hybridized carbons (Fsp3) is 0.385. The van der Waals surface area contributed by atoms with Crippen LogP contribution in [0.1, 0.15) is 6.92 Å². The van der Waals surface area contributed by atoms with Gasteiger partial charge in [-0.1, -0.05) is 19.1 Å². The van der Waals surface area contributed by atoms with Crippen LogP contribution in [0.15, 0.2) is 34.9 Å². The van der Waals surface area contributed by atoms with E-state index in [0.29, 0.717) is 12.5 Å². The smallest absolute Gasteiger partial charge is 0.136 e. The average Bonchev–Trinajstić information content (AvgIpc) is 2.72. The van der Waals surface area contributed by atoms with Crippen molar-refractivity contribution in [3.8, 4) is 0 Å². The van der Waals surface area contributed by atoms with Gasteiger partial charge in [-0.15, -0.1) is 0 Å². The maximum absolute atomic E-state index is 5.64. The summed E-state index contributed by atoms with van der Waals surface area (Å²) in [5.41, 5.74) is 7.71. The van der Waals surface area contributed by atoms with E-state index in [1.54, 1.807) is 0 Å². The number of benzene rings is 1. The summed E-state index contributed by atoms with van der Waals surface area (Å²) in [5, 5.41) is 1.16. The molecule has 2 aromatic rings. The molecule has 2 N–H and O–H groups in total. The second kappa shape index (κ2) is 4.58. The van der Waals surface area contributed by atoms with Gasteiger partial charge in [0, 0.05) is 19.0 Å². The predicted molar refractivity (Wildman–Crippen MR) is 67.7 cm³/mol. The number of nitrogens with zero attached hydrogens (tertiary/aromatic N) is 1. The lowest BCUT2D eigenvalue weighted by atomic mass is 10.1. The molecular formula is C13H18N2O. The lowest BCUT2D eigenvalue weighted by molar-refractivity contribution is 0.582. The van der Waals surface area contributed by atoms with E-state index in [9.17, 15) is 0 Å². The van der Waals surface area contributed by atoms with Gasteiger partial charge >= 0.3 is 0 Å². The molecule has 0 saturated heterocycles. The van der Waals surface area contributed by atoms with Crippen LogP contribution in [-0.4, -0.2) is 20.1 Å². The van der Waals surface area contributed by atoms with Crippen molar-refractivity contribution in [2.75, 3.05) is 25.0 Å². The van der Waals surface area contributed by atoms with E-state index >= 15 is 0 Å². The standard InChI is InChI=1S/C13H18N2O/c1-10(7-14)8-15(2)12-9-16-13-6-4-3-5-11(12)13/h3-6,9-10H,7-8,14H2,1-2H3. The molecule has 86 valence electrons. The van der Waals surface area contributed by atoms with Crippen LogP contribution < -0.4 is 10.6 Å². The highest BCUT2D eigenvalue weighted by atomic mass is 16.3. The van der Waals surface area contributed by atoms with E-state index in [1.807, 2.05) is 24.5 Å². The fourth-order valence-electron chi connectivity index (χ4n) is 1.90. The van der Waals surface area contributed by atoms with Gasteiger partial charge in [-0.3, -0.25) is 0 Å². The third-order valence-electron chi connectivity index (χ3n) is 2.86. The number of anilines is 1. The summed E-state index contributed by atoms with van der Waals surface area (Å²) in [7, 11) is 2.07. The Labute approximate surface area is 95.8 Å². The highest BCUT2D eigenvalue weighted by Gasteiger charge is 2.11. The van der Waals surface area contributed by atoms with Crippen LogP contribution in [0.5, 0.6) is 0 Å². The van der Waals surface area contributed by atoms with E-state index in [1.165, 1.54) is 0 Å². The molecule has 1 heterocycles. The Morgan fingerprint density at radius 3 is 2.88 bits per heavy atom. The summed E-state index contributed by atoms with van der Waals surface area (Å²) in [5.74, 6) is 0.485. The molecule has 0 aliphatic heterocycles. The van der Waals surface area contributed by atoms with Crippen LogP contribution in [0.25, 0.3) is 11.0 Å². The lowest BCUT2D eigenvalue weighted by Crippen LogP contribution is -2.27. The second-order valence-corrected chi connectivity index (χ2v) is 4.34. The molecule has 0 aliphatic rings. The van der Waals surface area contributed by atoms with Crippen LogP contribution >= 0.6 is 0 Å². The Bertz CT molecular complexity index is 464. The first kappa shape index (κ1) is 11.0. The van der Waals surface area contributed by atoms with Gasteiger partial charge in [-0.2, -0.15) is 0 Å². The quantitative estimate of drug-likeness (QED) is 0.857. The van der Waals surface area contributed by atoms with Gasteiger partial charge in [-0.25, -0.2) is 0 Å². The third-order valence-corrected chi connectivity index (χ3v) is 2.86. The van der Waals surface area contributed by atoms with Gasteiger partial charge in [-0.05, 0) is 24.6 Å². The predicted octanol–water partition coefficient (Wildman–Crippen LogP) is 2.46. The summed E-state index contributed by atoms with van der Waals surface area (Å²) < 4.78 is 5.51. The molecule has 1 aromatic carbocycles. The van der Waals surface area contributed by atoms with Gasteiger partial charge in [0.15, 0.2) is 0 Å². The fourth-order valence-corrected chi connectivity index (χ4v) is 1.90. The molecular weight excluding hydrogens is 200 g/mol. The largest absolute Gasteiger partial charge is 0.462 e. The Hall–Kier alpha value is -1.48. The molecule has 1 aromatic heterocycles. The highest BCUT2D eigenvalue weighted by molar-refractivity contribution is 5.90. The molecule has 1 unspecified atom stereocenters. The summed E-state index contributed by atoms with van der Waals surface area (Å²) >= 11 is 0. The first-order valence-corrected chi connectivity index (χ1v) is 5.59. The van der Waals surface area contributed by atoms with Crippen LogP contribution in [0.3, 0.4) is 0 Å². The number of rotatable bonds is 4. The molecule has 0 fully saturated rings.